The molecule has 2 N–H and O–H groups in total. The van der Waals surface area contributed by atoms with Gasteiger partial charge in [0.2, 0.25) is 0 Å². The van der Waals surface area contributed by atoms with E-state index < -0.39 is 0 Å². The molecular weight excluding hydrogens is 218 g/mol. The largest absolute Gasteiger partial charge is 0.506 e. The summed E-state index contributed by atoms with van der Waals surface area (Å²) in [5, 5.41) is 20.2. The van der Waals surface area contributed by atoms with Crippen LogP contribution >= 0.6 is 0 Å². The second-order valence-corrected chi connectivity index (χ2v) is 3.92. The topological polar surface area (TPSA) is 79.6 Å². The fourth-order valence-corrected chi connectivity index (χ4v) is 1.87. The first kappa shape index (κ1) is 9.83. The molecule has 0 radical (unpaired) electrons. The SMILES string of the molecule is CC(c1cc(O)c2n[nH]nc2c1)n1ccnc1. The summed E-state index contributed by atoms with van der Waals surface area (Å²) in [7, 11) is 0. The standard InChI is InChI=1S/C11H11N5O/c1-7(16-3-2-12-6-16)8-4-9-11(10(17)5-8)14-15-13-9/h2-7,17H,1H3,(H,13,14,15). The number of hydrogen-bond acceptors (Lipinski definition) is 4. The summed E-state index contributed by atoms with van der Waals surface area (Å²) >= 11 is 0. The Kier molecular flexibility index (Phi) is 2.07. The van der Waals surface area contributed by atoms with Gasteiger partial charge in [-0.3, -0.25) is 0 Å². The zero-order valence-electron chi connectivity index (χ0n) is 9.20. The zero-order chi connectivity index (χ0) is 11.8. The molecule has 0 spiro atoms. The molecule has 3 rings (SSSR count). The van der Waals surface area contributed by atoms with Crippen molar-refractivity contribution in [2.75, 3.05) is 0 Å². The van der Waals surface area contributed by atoms with Gasteiger partial charge in [-0.2, -0.15) is 15.4 Å². The summed E-state index contributed by atoms with van der Waals surface area (Å²) in [4.78, 5) is 4.01. The van der Waals surface area contributed by atoms with Crippen LogP contribution in [0.4, 0.5) is 0 Å². The molecule has 0 amide bonds. The van der Waals surface area contributed by atoms with Crippen LogP contribution in [0, 0.1) is 0 Å². The molecule has 6 heteroatoms. The van der Waals surface area contributed by atoms with Crippen molar-refractivity contribution in [1.29, 1.82) is 0 Å². The maximum Gasteiger partial charge on any atom is 0.154 e. The summed E-state index contributed by atoms with van der Waals surface area (Å²) in [6.07, 6.45) is 5.36. The first-order valence-electron chi connectivity index (χ1n) is 5.26. The Balaban J connectivity index is 2.11. The van der Waals surface area contributed by atoms with Crippen molar-refractivity contribution in [1.82, 2.24) is 25.0 Å². The van der Waals surface area contributed by atoms with Gasteiger partial charge in [-0.05, 0) is 24.6 Å². The Bertz CT molecular complexity index is 643. The average Bonchev–Trinajstić information content (AvgIpc) is 2.98. The minimum Gasteiger partial charge on any atom is -0.506 e. The molecule has 0 fully saturated rings. The molecule has 0 aliphatic heterocycles. The Morgan fingerprint density at radius 1 is 1.35 bits per heavy atom. The summed E-state index contributed by atoms with van der Waals surface area (Å²) in [6, 6.07) is 3.70. The van der Waals surface area contributed by atoms with E-state index in [1.807, 2.05) is 23.8 Å². The first-order valence-corrected chi connectivity index (χ1v) is 5.26. The van der Waals surface area contributed by atoms with Crippen molar-refractivity contribution >= 4 is 11.0 Å². The number of fused-ring (bicyclic) bond motifs is 1. The van der Waals surface area contributed by atoms with Gasteiger partial charge in [0.1, 0.15) is 11.3 Å². The maximum absolute atomic E-state index is 9.84. The number of hydrogen-bond donors (Lipinski definition) is 2. The number of phenolic OH excluding ortho intramolecular Hbond substituents is 1. The molecule has 6 nitrogen and oxygen atoms in total. The molecule has 0 saturated carbocycles. The highest BCUT2D eigenvalue weighted by atomic mass is 16.3. The van der Waals surface area contributed by atoms with Crippen LogP contribution in [0.15, 0.2) is 30.9 Å². The second-order valence-electron chi connectivity index (χ2n) is 3.92. The van der Waals surface area contributed by atoms with Crippen molar-refractivity contribution in [3.63, 3.8) is 0 Å². The third kappa shape index (κ3) is 1.54. The number of benzene rings is 1. The van der Waals surface area contributed by atoms with Crippen molar-refractivity contribution < 1.29 is 5.11 Å². The minimum atomic E-state index is 0.0875. The highest BCUT2D eigenvalue weighted by Gasteiger charge is 2.12. The van der Waals surface area contributed by atoms with E-state index in [-0.39, 0.29) is 11.8 Å². The predicted molar refractivity (Wildman–Crippen MR) is 61.6 cm³/mol. The van der Waals surface area contributed by atoms with Crippen molar-refractivity contribution in [3.05, 3.63) is 36.4 Å². The molecule has 1 atom stereocenters. The van der Waals surface area contributed by atoms with E-state index in [1.54, 1.807) is 18.6 Å². The number of phenols is 1. The lowest BCUT2D eigenvalue weighted by Crippen LogP contribution is -2.04. The molecule has 17 heavy (non-hydrogen) atoms. The van der Waals surface area contributed by atoms with Gasteiger partial charge in [-0.1, -0.05) is 0 Å². The molecule has 2 heterocycles. The number of nitrogens with zero attached hydrogens (tertiary/aromatic N) is 4. The van der Waals surface area contributed by atoms with Gasteiger partial charge in [0, 0.05) is 12.4 Å². The normalized spacial score (nSPS) is 13.0. The highest BCUT2D eigenvalue weighted by Crippen LogP contribution is 2.27. The molecule has 1 unspecified atom stereocenters. The summed E-state index contributed by atoms with van der Waals surface area (Å²) < 4.78 is 1.96. The van der Waals surface area contributed by atoms with E-state index >= 15 is 0 Å². The van der Waals surface area contributed by atoms with Crippen LogP contribution in [-0.2, 0) is 0 Å². The van der Waals surface area contributed by atoms with Gasteiger partial charge >= 0.3 is 0 Å². The van der Waals surface area contributed by atoms with Crippen LogP contribution in [0.1, 0.15) is 18.5 Å². The van der Waals surface area contributed by atoms with Crippen LogP contribution in [0.3, 0.4) is 0 Å². The van der Waals surface area contributed by atoms with Crippen molar-refractivity contribution in [2.24, 2.45) is 0 Å². The number of aromatic amines is 1. The Hall–Kier alpha value is -2.37. The Morgan fingerprint density at radius 2 is 2.24 bits per heavy atom. The van der Waals surface area contributed by atoms with Crippen LogP contribution in [0.25, 0.3) is 11.0 Å². The van der Waals surface area contributed by atoms with Gasteiger partial charge < -0.3 is 9.67 Å². The molecule has 0 aliphatic rings. The lowest BCUT2D eigenvalue weighted by atomic mass is 10.1. The maximum atomic E-state index is 9.84. The average molecular weight is 229 g/mol. The summed E-state index contributed by atoms with van der Waals surface area (Å²) in [6.45, 7) is 2.03. The van der Waals surface area contributed by atoms with Gasteiger partial charge in [-0.25, -0.2) is 4.98 Å². The van der Waals surface area contributed by atoms with E-state index in [1.165, 1.54) is 0 Å². The first-order chi connectivity index (χ1) is 8.25. The predicted octanol–water partition coefficient (Wildman–Crippen LogP) is 1.47. The van der Waals surface area contributed by atoms with Crippen LogP contribution in [0.2, 0.25) is 0 Å². The Morgan fingerprint density at radius 3 is 3.00 bits per heavy atom. The van der Waals surface area contributed by atoms with E-state index in [0.29, 0.717) is 11.0 Å². The van der Waals surface area contributed by atoms with Crippen LogP contribution < -0.4 is 0 Å². The lowest BCUT2D eigenvalue weighted by Gasteiger charge is -2.13. The summed E-state index contributed by atoms with van der Waals surface area (Å²) in [5.74, 6) is 0.137. The zero-order valence-corrected chi connectivity index (χ0v) is 9.20. The van der Waals surface area contributed by atoms with E-state index in [0.717, 1.165) is 5.56 Å². The lowest BCUT2D eigenvalue weighted by molar-refractivity contribution is 0.478. The molecule has 86 valence electrons. The molecule has 0 saturated heterocycles. The van der Waals surface area contributed by atoms with Gasteiger partial charge in [0.15, 0.2) is 5.52 Å². The number of imidazole rings is 1. The van der Waals surface area contributed by atoms with E-state index in [9.17, 15) is 5.11 Å². The molecular formula is C11H11N5O. The molecule has 3 aromatic rings. The summed E-state index contributed by atoms with van der Waals surface area (Å²) in [5.41, 5.74) is 2.11. The molecule has 0 aliphatic carbocycles. The van der Waals surface area contributed by atoms with Gasteiger partial charge in [0.05, 0.1) is 12.4 Å². The number of aromatic hydroxyl groups is 1. The quantitative estimate of drug-likeness (QED) is 0.697. The second kappa shape index (κ2) is 3.58. The smallest absolute Gasteiger partial charge is 0.154 e. The van der Waals surface area contributed by atoms with E-state index in [4.69, 9.17) is 0 Å². The molecule has 0 bridgehead atoms. The van der Waals surface area contributed by atoms with Gasteiger partial charge in [-0.15, -0.1) is 0 Å². The third-order valence-electron chi connectivity index (χ3n) is 2.88. The van der Waals surface area contributed by atoms with Crippen molar-refractivity contribution in [2.45, 2.75) is 13.0 Å². The third-order valence-corrected chi connectivity index (χ3v) is 2.88. The van der Waals surface area contributed by atoms with Crippen LogP contribution in [-0.4, -0.2) is 30.1 Å². The minimum absolute atomic E-state index is 0.0875. The molecule has 2 aromatic heterocycles. The van der Waals surface area contributed by atoms with Crippen molar-refractivity contribution in [3.8, 4) is 5.75 Å². The fraction of sp³-hybridized carbons (Fsp3) is 0.182. The number of nitrogens with one attached hydrogen (secondary N) is 1. The highest BCUT2D eigenvalue weighted by molar-refractivity contribution is 5.81. The monoisotopic (exact) mass is 229 g/mol. The fourth-order valence-electron chi connectivity index (χ4n) is 1.87. The number of aromatic nitrogens is 5. The van der Waals surface area contributed by atoms with E-state index in [2.05, 4.69) is 20.4 Å². The number of H-pyrrole nitrogens is 1. The van der Waals surface area contributed by atoms with Crippen LogP contribution in [0.5, 0.6) is 5.75 Å². The Labute approximate surface area is 96.9 Å². The molecule has 1 aromatic carbocycles. The van der Waals surface area contributed by atoms with Gasteiger partial charge in [0.25, 0.3) is 0 Å². The number of rotatable bonds is 2.